The second-order valence-electron chi connectivity index (χ2n) is 6.10. The zero-order chi connectivity index (χ0) is 16.5. The van der Waals surface area contributed by atoms with E-state index in [9.17, 15) is 4.79 Å². The number of carbonyl (C=O) groups is 1. The normalized spacial score (nSPS) is 18.9. The van der Waals surface area contributed by atoms with Gasteiger partial charge in [-0.2, -0.15) is 5.10 Å². The van der Waals surface area contributed by atoms with Crippen molar-refractivity contribution in [2.24, 2.45) is 0 Å². The number of fused-ring (bicyclic) bond motifs is 1. The summed E-state index contributed by atoms with van der Waals surface area (Å²) in [7, 11) is 2.11. The van der Waals surface area contributed by atoms with Crippen LogP contribution in [0.5, 0.6) is 0 Å². The molecule has 0 bridgehead atoms. The van der Waals surface area contributed by atoms with E-state index in [2.05, 4.69) is 34.2 Å². The van der Waals surface area contributed by atoms with Gasteiger partial charge in [-0.15, -0.1) is 0 Å². The van der Waals surface area contributed by atoms with Crippen LogP contribution in [0, 0.1) is 0 Å². The van der Waals surface area contributed by atoms with E-state index in [1.54, 1.807) is 29.2 Å². The number of likely N-dealkylation sites (N-methyl/N-ethyl adjacent to an activating group) is 1. The van der Waals surface area contributed by atoms with Gasteiger partial charge in [0.2, 0.25) is 0 Å². The van der Waals surface area contributed by atoms with Gasteiger partial charge in [0.1, 0.15) is 5.56 Å². The first-order valence-corrected chi connectivity index (χ1v) is 8.07. The van der Waals surface area contributed by atoms with Crippen molar-refractivity contribution in [2.45, 2.75) is 6.04 Å². The molecule has 1 atom stereocenters. The van der Waals surface area contributed by atoms with Crippen molar-refractivity contribution in [1.29, 1.82) is 0 Å². The summed E-state index contributed by atoms with van der Waals surface area (Å²) in [6.07, 6.45) is 5.10. The second-order valence-corrected chi connectivity index (χ2v) is 6.10. The van der Waals surface area contributed by atoms with Crippen LogP contribution in [0.1, 0.15) is 22.0 Å². The van der Waals surface area contributed by atoms with Crippen LogP contribution in [0.15, 0.2) is 55.0 Å². The molecule has 1 aromatic carbocycles. The molecule has 0 saturated carbocycles. The zero-order valence-corrected chi connectivity index (χ0v) is 13.5. The van der Waals surface area contributed by atoms with Gasteiger partial charge in [0.15, 0.2) is 5.65 Å². The number of amides is 1. The highest BCUT2D eigenvalue weighted by molar-refractivity contribution is 5.99. The fourth-order valence-electron chi connectivity index (χ4n) is 3.24. The van der Waals surface area contributed by atoms with Crippen LogP contribution in [-0.2, 0) is 0 Å². The fourth-order valence-corrected chi connectivity index (χ4v) is 3.24. The molecular weight excluding hydrogens is 302 g/mol. The molecule has 0 aliphatic carbocycles. The summed E-state index contributed by atoms with van der Waals surface area (Å²) in [5.41, 5.74) is 2.40. The molecule has 0 radical (unpaired) electrons. The van der Waals surface area contributed by atoms with Gasteiger partial charge in [-0.05, 0) is 18.7 Å². The molecule has 0 N–H and O–H groups in total. The molecule has 122 valence electrons. The highest BCUT2D eigenvalue weighted by Gasteiger charge is 2.30. The molecule has 4 rings (SSSR count). The summed E-state index contributed by atoms with van der Waals surface area (Å²) >= 11 is 0. The molecule has 1 aliphatic heterocycles. The zero-order valence-electron chi connectivity index (χ0n) is 13.5. The molecule has 24 heavy (non-hydrogen) atoms. The molecule has 0 spiro atoms. The highest BCUT2D eigenvalue weighted by atomic mass is 16.2. The maximum Gasteiger partial charge on any atom is 0.259 e. The Bertz CT molecular complexity index is 860. The summed E-state index contributed by atoms with van der Waals surface area (Å²) in [6, 6.07) is 12.3. The maximum atomic E-state index is 13.0. The third-order valence-electron chi connectivity index (χ3n) is 4.63. The highest BCUT2D eigenvalue weighted by Crippen LogP contribution is 2.25. The molecule has 3 aromatic rings. The molecule has 3 heterocycles. The van der Waals surface area contributed by atoms with Crippen LogP contribution >= 0.6 is 0 Å². The first-order chi connectivity index (χ1) is 11.7. The molecule has 1 unspecified atom stereocenters. The van der Waals surface area contributed by atoms with Crippen LogP contribution in [-0.4, -0.2) is 57.0 Å². The topological polar surface area (TPSA) is 53.7 Å². The summed E-state index contributed by atoms with van der Waals surface area (Å²) in [5, 5.41) is 4.22. The first-order valence-electron chi connectivity index (χ1n) is 8.07. The summed E-state index contributed by atoms with van der Waals surface area (Å²) in [6.45, 7) is 2.23. The number of hydrogen-bond acceptors (Lipinski definition) is 4. The fraction of sp³-hybridized carbons (Fsp3) is 0.278. The van der Waals surface area contributed by atoms with Gasteiger partial charge in [-0.25, -0.2) is 9.50 Å². The number of carbonyl (C=O) groups excluding carboxylic acids is 1. The minimum absolute atomic E-state index is 0.00210. The van der Waals surface area contributed by atoms with Crippen LogP contribution in [0.3, 0.4) is 0 Å². The van der Waals surface area contributed by atoms with Gasteiger partial charge in [-0.1, -0.05) is 30.3 Å². The molecule has 6 nitrogen and oxygen atoms in total. The summed E-state index contributed by atoms with van der Waals surface area (Å²) < 4.78 is 1.64. The third-order valence-corrected chi connectivity index (χ3v) is 4.63. The van der Waals surface area contributed by atoms with E-state index in [4.69, 9.17) is 0 Å². The lowest BCUT2D eigenvalue weighted by atomic mass is 10.0. The Morgan fingerprint density at radius 1 is 1.17 bits per heavy atom. The van der Waals surface area contributed by atoms with Gasteiger partial charge in [-0.3, -0.25) is 9.69 Å². The Hall–Kier alpha value is -2.73. The molecular formula is C18H19N5O. The quantitative estimate of drug-likeness (QED) is 0.723. The summed E-state index contributed by atoms with van der Waals surface area (Å²) in [5.74, 6) is -0.00210. The Kier molecular flexibility index (Phi) is 3.74. The average Bonchev–Trinajstić information content (AvgIpc) is 3.06. The lowest BCUT2D eigenvalue weighted by molar-refractivity contribution is 0.0548. The van der Waals surface area contributed by atoms with Gasteiger partial charge in [0, 0.05) is 32.0 Å². The number of piperazine rings is 1. The lowest BCUT2D eigenvalue weighted by Crippen LogP contribution is -2.49. The van der Waals surface area contributed by atoms with Crippen LogP contribution in [0.2, 0.25) is 0 Å². The predicted molar refractivity (Wildman–Crippen MR) is 90.7 cm³/mol. The standard InChI is InChI=1S/C18H19N5O/c1-21-10-11-22(13-16(21)14-6-3-2-4-7-14)18(24)15-12-20-23-9-5-8-19-17(15)23/h2-9,12,16H,10-11,13H2,1H3. The Labute approximate surface area is 140 Å². The maximum absolute atomic E-state index is 13.0. The van der Waals surface area contributed by atoms with Crippen molar-refractivity contribution in [3.63, 3.8) is 0 Å². The van der Waals surface area contributed by atoms with Crippen molar-refractivity contribution >= 4 is 11.6 Å². The van der Waals surface area contributed by atoms with Crippen molar-refractivity contribution in [3.8, 4) is 0 Å². The first kappa shape index (κ1) is 14.8. The van der Waals surface area contributed by atoms with Gasteiger partial charge in [0.05, 0.1) is 12.2 Å². The van der Waals surface area contributed by atoms with Gasteiger partial charge in [0.25, 0.3) is 5.91 Å². The van der Waals surface area contributed by atoms with E-state index in [0.29, 0.717) is 24.3 Å². The second kappa shape index (κ2) is 6.05. The van der Waals surface area contributed by atoms with E-state index in [0.717, 1.165) is 6.54 Å². The smallest absolute Gasteiger partial charge is 0.259 e. The molecule has 2 aromatic heterocycles. The SMILES string of the molecule is CN1CCN(C(=O)c2cnn3cccnc23)CC1c1ccccc1. The number of hydrogen-bond donors (Lipinski definition) is 0. The van der Waals surface area contributed by atoms with E-state index in [1.807, 2.05) is 23.1 Å². The average molecular weight is 321 g/mol. The Morgan fingerprint density at radius 2 is 2.00 bits per heavy atom. The number of rotatable bonds is 2. The number of nitrogens with zero attached hydrogens (tertiary/aromatic N) is 5. The van der Waals surface area contributed by atoms with Crippen molar-refractivity contribution < 1.29 is 4.79 Å². The van der Waals surface area contributed by atoms with E-state index < -0.39 is 0 Å². The van der Waals surface area contributed by atoms with Crippen molar-refractivity contribution in [1.82, 2.24) is 24.4 Å². The summed E-state index contributed by atoms with van der Waals surface area (Å²) in [4.78, 5) is 21.5. The minimum atomic E-state index is -0.00210. The largest absolute Gasteiger partial charge is 0.335 e. The molecule has 6 heteroatoms. The van der Waals surface area contributed by atoms with E-state index in [1.165, 1.54) is 5.56 Å². The minimum Gasteiger partial charge on any atom is -0.335 e. The molecule has 1 aliphatic rings. The Balaban J connectivity index is 1.61. The van der Waals surface area contributed by atoms with Gasteiger partial charge >= 0.3 is 0 Å². The molecule has 1 amide bonds. The predicted octanol–water partition coefficient (Wildman–Crippen LogP) is 1.86. The lowest BCUT2D eigenvalue weighted by Gasteiger charge is -2.39. The van der Waals surface area contributed by atoms with E-state index in [-0.39, 0.29) is 11.9 Å². The van der Waals surface area contributed by atoms with Gasteiger partial charge < -0.3 is 4.90 Å². The molecule has 1 saturated heterocycles. The number of aromatic nitrogens is 3. The van der Waals surface area contributed by atoms with Crippen LogP contribution in [0.4, 0.5) is 0 Å². The van der Waals surface area contributed by atoms with Crippen LogP contribution < -0.4 is 0 Å². The Morgan fingerprint density at radius 3 is 2.83 bits per heavy atom. The van der Waals surface area contributed by atoms with Crippen molar-refractivity contribution in [2.75, 3.05) is 26.7 Å². The number of benzene rings is 1. The molecule has 1 fully saturated rings. The van der Waals surface area contributed by atoms with Crippen molar-refractivity contribution in [3.05, 3.63) is 66.1 Å². The van der Waals surface area contributed by atoms with Crippen LogP contribution in [0.25, 0.3) is 5.65 Å². The monoisotopic (exact) mass is 321 g/mol. The van der Waals surface area contributed by atoms with E-state index >= 15 is 0 Å². The third kappa shape index (κ3) is 2.55.